The maximum Gasteiger partial charge on any atom is 0.119 e. The lowest BCUT2D eigenvalue weighted by molar-refractivity contribution is 0.274. The van der Waals surface area contributed by atoms with Crippen LogP contribution in [0.5, 0.6) is 11.5 Å². The van der Waals surface area contributed by atoms with Gasteiger partial charge in [-0.1, -0.05) is 48.2 Å². The predicted octanol–water partition coefficient (Wildman–Crippen LogP) is 5.65. The molecule has 1 aliphatic rings. The molecule has 3 aromatic rings. The van der Waals surface area contributed by atoms with Gasteiger partial charge in [-0.15, -0.1) is 0 Å². The predicted molar refractivity (Wildman–Crippen MR) is 102 cm³/mol. The summed E-state index contributed by atoms with van der Waals surface area (Å²) in [6, 6.07) is 26.2. The molecule has 1 N–H and O–H groups in total. The van der Waals surface area contributed by atoms with Crippen LogP contribution in [0, 0.1) is 0 Å². The average molecular weight is 348 g/mol. The Morgan fingerprint density at radius 2 is 1.44 bits per heavy atom. The Labute approximate surface area is 152 Å². The molecule has 0 radical (unpaired) electrons. The molecule has 0 amide bonds. The molecular weight excluding hydrogens is 328 g/mol. The van der Waals surface area contributed by atoms with E-state index >= 15 is 0 Å². The molecule has 0 spiro atoms. The molecule has 3 aromatic carbocycles. The van der Waals surface area contributed by atoms with Gasteiger partial charge >= 0.3 is 0 Å². The van der Waals surface area contributed by atoms with Crippen molar-refractivity contribution < 1.29 is 9.84 Å². The van der Waals surface area contributed by atoms with E-state index in [2.05, 4.69) is 24.3 Å². The summed E-state index contributed by atoms with van der Waals surface area (Å²) < 4.78 is 6.03. The lowest BCUT2D eigenvalue weighted by atomic mass is 9.96. The van der Waals surface area contributed by atoms with Crippen molar-refractivity contribution in [2.24, 2.45) is 0 Å². The highest BCUT2D eigenvalue weighted by atomic mass is 32.2. The Morgan fingerprint density at radius 3 is 2.12 bits per heavy atom. The monoisotopic (exact) mass is 348 g/mol. The third kappa shape index (κ3) is 3.67. The Bertz CT molecular complexity index is 839. The SMILES string of the molecule is Oc1ccccc1C1(COc2ccc(Sc3ccccc3)cc2)CC1. The highest BCUT2D eigenvalue weighted by molar-refractivity contribution is 7.99. The van der Waals surface area contributed by atoms with Crippen LogP contribution in [0.25, 0.3) is 0 Å². The largest absolute Gasteiger partial charge is 0.508 e. The molecule has 25 heavy (non-hydrogen) atoms. The minimum absolute atomic E-state index is 0.0250. The number of hydrogen-bond acceptors (Lipinski definition) is 3. The van der Waals surface area contributed by atoms with Crippen molar-refractivity contribution in [3.05, 3.63) is 84.4 Å². The summed E-state index contributed by atoms with van der Waals surface area (Å²) in [7, 11) is 0. The molecule has 0 unspecified atom stereocenters. The summed E-state index contributed by atoms with van der Waals surface area (Å²) >= 11 is 1.74. The topological polar surface area (TPSA) is 29.5 Å². The van der Waals surface area contributed by atoms with E-state index in [4.69, 9.17) is 4.74 Å². The molecule has 126 valence electrons. The van der Waals surface area contributed by atoms with Crippen molar-refractivity contribution in [3.8, 4) is 11.5 Å². The van der Waals surface area contributed by atoms with Gasteiger partial charge in [0.25, 0.3) is 0 Å². The minimum atomic E-state index is -0.0250. The average Bonchev–Trinajstić information content (AvgIpc) is 3.43. The van der Waals surface area contributed by atoms with Crippen LogP contribution < -0.4 is 4.74 Å². The summed E-state index contributed by atoms with van der Waals surface area (Å²) in [5.41, 5.74) is 0.981. The third-order valence-corrected chi connectivity index (χ3v) is 5.66. The standard InChI is InChI=1S/C22H20O2S/c23-21-9-5-4-8-20(21)22(14-15-22)16-24-17-10-12-19(13-11-17)25-18-6-2-1-3-7-18/h1-13,23H,14-16H2. The van der Waals surface area contributed by atoms with E-state index in [0.717, 1.165) is 24.2 Å². The molecule has 0 heterocycles. The van der Waals surface area contributed by atoms with Crippen molar-refractivity contribution in [1.82, 2.24) is 0 Å². The van der Waals surface area contributed by atoms with Gasteiger partial charge in [0.2, 0.25) is 0 Å². The lowest BCUT2D eigenvalue weighted by Crippen LogP contribution is -2.17. The van der Waals surface area contributed by atoms with E-state index < -0.39 is 0 Å². The van der Waals surface area contributed by atoms with E-state index in [1.807, 2.05) is 48.5 Å². The maximum atomic E-state index is 10.1. The first-order chi connectivity index (χ1) is 12.3. The van der Waals surface area contributed by atoms with Crippen molar-refractivity contribution in [2.75, 3.05) is 6.61 Å². The first kappa shape index (κ1) is 16.1. The number of phenolic OH excluding ortho intramolecular Hbond substituents is 1. The Morgan fingerprint density at radius 1 is 0.800 bits per heavy atom. The number of phenols is 1. The minimum Gasteiger partial charge on any atom is -0.508 e. The van der Waals surface area contributed by atoms with Gasteiger partial charge in [0.1, 0.15) is 11.5 Å². The number of ether oxygens (including phenoxy) is 1. The zero-order chi connectivity index (χ0) is 17.1. The van der Waals surface area contributed by atoms with Gasteiger partial charge < -0.3 is 9.84 Å². The van der Waals surface area contributed by atoms with Crippen LogP contribution in [0.1, 0.15) is 18.4 Å². The quantitative estimate of drug-likeness (QED) is 0.624. The number of hydrogen-bond donors (Lipinski definition) is 1. The van der Waals surface area contributed by atoms with Gasteiger partial charge in [-0.3, -0.25) is 0 Å². The second-order valence-electron chi connectivity index (χ2n) is 6.47. The van der Waals surface area contributed by atoms with Crippen molar-refractivity contribution in [3.63, 3.8) is 0 Å². The van der Waals surface area contributed by atoms with Crippen molar-refractivity contribution in [1.29, 1.82) is 0 Å². The first-order valence-electron chi connectivity index (χ1n) is 8.49. The van der Waals surface area contributed by atoms with Crippen LogP contribution in [0.3, 0.4) is 0 Å². The highest BCUT2D eigenvalue weighted by Crippen LogP contribution is 2.51. The molecule has 0 bridgehead atoms. The molecule has 0 saturated heterocycles. The summed E-state index contributed by atoms with van der Waals surface area (Å²) in [4.78, 5) is 2.42. The van der Waals surface area contributed by atoms with E-state index in [1.54, 1.807) is 17.8 Å². The van der Waals surface area contributed by atoms with Crippen LogP contribution in [-0.4, -0.2) is 11.7 Å². The maximum absolute atomic E-state index is 10.1. The summed E-state index contributed by atoms with van der Waals surface area (Å²) in [5.74, 6) is 1.25. The fourth-order valence-corrected chi connectivity index (χ4v) is 3.85. The van der Waals surface area contributed by atoms with Crippen molar-refractivity contribution in [2.45, 2.75) is 28.0 Å². The lowest BCUT2D eigenvalue weighted by Gasteiger charge is -2.18. The molecule has 0 aliphatic heterocycles. The summed E-state index contributed by atoms with van der Waals surface area (Å²) in [6.45, 7) is 0.607. The number of para-hydroxylation sites is 1. The Kier molecular flexibility index (Phi) is 4.41. The zero-order valence-electron chi connectivity index (χ0n) is 13.9. The highest BCUT2D eigenvalue weighted by Gasteiger charge is 2.46. The Hall–Kier alpha value is -2.39. The van der Waals surface area contributed by atoms with Gasteiger partial charge in [-0.05, 0) is 55.3 Å². The van der Waals surface area contributed by atoms with Gasteiger partial charge in [0.05, 0.1) is 6.61 Å². The van der Waals surface area contributed by atoms with Gasteiger partial charge in [0, 0.05) is 20.8 Å². The fraction of sp³-hybridized carbons (Fsp3) is 0.182. The molecule has 1 aliphatic carbocycles. The number of rotatable bonds is 6. The van der Waals surface area contributed by atoms with Crippen LogP contribution in [-0.2, 0) is 5.41 Å². The molecular formula is C22H20O2S. The third-order valence-electron chi connectivity index (χ3n) is 4.65. The molecule has 3 heteroatoms. The molecule has 4 rings (SSSR count). The van der Waals surface area contributed by atoms with E-state index in [9.17, 15) is 5.11 Å². The molecule has 1 fully saturated rings. The summed E-state index contributed by atoms with van der Waals surface area (Å²) in [6.07, 6.45) is 2.12. The molecule has 2 nitrogen and oxygen atoms in total. The van der Waals surface area contributed by atoms with Gasteiger partial charge in [-0.25, -0.2) is 0 Å². The van der Waals surface area contributed by atoms with Crippen LogP contribution in [0.2, 0.25) is 0 Å². The molecule has 0 aromatic heterocycles. The molecule has 1 saturated carbocycles. The molecule has 0 atom stereocenters. The van der Waals surface area contributed by atoms with Crippen molar-refractivity contribution >= 4 is 11.8 Å². The first-order valence-corrected chi connectivity index (χ1v) is 9.31. The van der Waals surface area contributed by atoms with Crippen LogP contribution >= 0.6 is 11.8 Å². The smallest absolute Gasteiger partial charge is 0.119 e. The number of benzene rings is 3. The fourth-order valence-electron chi connectivity index (χ4n) is 3.01. The second-order valence-corrected chi connectivity index (χ2v) is 7.62. The Balaban J connectivity index is 1.40. The van der Waals surface area contributed by atoms with Crippen LogP contribution in [0.15, 0.2) is 88.7 Å². The van der Waals surface area contributed by atoms with Gasteiger partial charge in [0.15, 0.2) is 0 Å². The number of aromatic hydroxyl groups is 1. The summed E-state index contributed by atoms with van der Waals surface area (Å²) in [5, 5.41) is 10.1. The normalized spacial score (nSPS) is 14.9. The van der Waals surface area contributed by atoms with E-state index in [-0.39, 0.29) is 5.41 Å². The van der Waals surface area contributed by atoms with Gasteiger partial charge in [-0.2, -0.15) is 0 Å². The zero-order valence-corrected chi connectivity index (χ0v) is 14.7. The van der Waals surface area contributed by atoms with E-state index in [1.165, 1.54) is 9.79 Å². The second kappa shape index (κ2) is 6.85. The van der Waals surface area contributed by atoms with Crippen LogP contribution in [0.4, 0.5) is 0 Å². The van der Waals surface area contributed by atoms with E-state index in [0.29, 0.717) is 12.4 Å².